The van der Waals surface area contributed by atoms with E-state index in [0.29, 0.717) is 25.7 Å². The van der Waals surface area contributed by atoms with Crippen LogP contribution in [0.15, 0.2) is 48.5 Å². The van der Waals surface area contributed by atoms with E-state index < -0.39 is 12.2 Å². The Hall–Kier alpha value is -2.88. The average molecular weight is 376 g/mol. The molecule has 4 rings (SSSR count). The highest BCUT2D eigenvalue weighted by Gasteiger charge is 2.34. The first-order valence-electron chi connectivity index (χ1n) is 9.90. The van der Waals surface area contributed by atoms with Crippen molar-refractivity contribution in [1.29, 1.82) is 0 Å². The Morgan fingerprint density at radius 3 is 1.57 bits per heavy atom. The zero-order valence-electron chi connectivity index (χ0n) is 16.2. The van der Waals surface area contributed by atoms with Gasteiger partial charge in [-0.1, -0.05) is 50.2 Å². The molecular formula is C24H24O4. The standard InChI is InChI=1S/C24H24O4/c1-3-23(25)27-21-13-19-11-17-9-15-7-5-6-8-16(15)10-18(17)12-20(19)14-22(21)28-24(26)4-2/h5-12,21-22H,3-4,13-14H2,1-2H3. The van der Waals surface area contributed by atoms with Crippen LogP contribution in [0.1, 0.15) is 37.8 Å². The average Bonchev–Trinajstić information content (AvgIpc) is 2.71. The van der Waals surface area contributed by atoms with E-state index in [-0.39, 0.29) is 11.9 Å². The maximum absolute atomic E-state index is 11.9. The van der Waals surface area contributed by atoms with Gasteiger partial charge in [-0.05, 0) is 44.8 Å². The van der Waals surface area contributed by atoms with Gasteiger partial charge in [0.2, 0.25) is 0 Å². The summed E-state index contributed by atoms with van der Waals surface area (Å²) < 4.78 is 11.2. The van der Waals surface area contributed by atoms with Crippen molar-refractivity contribution in [3.8, 4) is 0 Å². The Bertz CT molecular complexity index is 969. The predicted molar refractivity (Wildman–Crippen MR) is 109 cm³/mol. The summed E-state index contributed by atoms with van der Waals surface area (Å²) in [5.74, 6) is -0.532. The summed E-state index contributed by atoms with van der Waals surface area (Å²) in [6.07, 6.45) is 0.863. The molecule has 0 fully saturated rings. The van der Waals surface area contributed by atoms with Crippen molar-refractivity contribution in [2.24, 2.45) is 0 Å². The van der Waals surface area contributed by atoms with Crippen LogP contribution in [0.2, 0.25) is 0 Å². The second-order valence-electron chi connectivity index (χ2n) is 7.34. The van der Waals surface area contributed by atoms with Crippen molar-refractivity contribution in [3.05, 3.63) is 59.7 Å². The van der Waals surface area contributed by atoms with Gasteiger partial charge in [-0.25, -0.2) is 0 Å². The SMILES string of the molecule is CCC(=O)OC1Cc2cc3cc4ccccc4cc3cc2CC1OC(=O)CC. The molecule has 0 heterocycles. The van der Waals surface area contributed by atoms with Crippen LogP contribution in [0.5, 0.6) is 0 Å². The minimum atomic E-state index is -0.437. The normalized spacial score (nSPS) is 18.6. The molecule has 0 aliphatic heterocycles. The zero-order valence-corrected chi connectivity index (χ0v) is 16.2. The second kappa shape index (κ2) is 7.63. The third kappa shape index (κ3) is 3.59. The first-order chi connectivity index (χ1) is 13.6. The van der Waals surface area contributed by atoms with Crippen molar-refractivity contribution in [1.82, 2.24) is 0 Å². The summed E-state index contributed by atoms with van der Waals surface area (Å²) in [5.41, 5.74) is 2.31. The molecule has 0 saturated heterocycles. The number of ether oxygens (including phenoxy) is 2. The van der Waals surface area contributed by atoms with Crippen molar-refractivity contribution >= 4 is 33.5 Å². The van der Waals surface area contributed by atoms with E-state index in [1.807, 2.05) is 12.1 Å². The van der Waals surface area contributed by atoms with Gasteiger partial charge in [0.25, 0.3) is 0 Å². The minimum Gasteiger partial charge on any atom is -0.458 e. The van der Waals surface area contributed by atoms with Gasteiger partial charge in [-0.3, -0.25) is 9.59 Å². The molecule has 1 aliphatic carbocycles. The number of carbonyl (C=O) groups excluding carboxylic acids is 2. The Morgan fingerprint density at radius 2 is 1.18 bits per heavy atom. The van der Waals surface area contributed by atoms with Crippen LogP contribution in [0, 0.1) is 0 Å². The quantitative estimate of drug-likeness (QED) is 0.488. The predicted octanol–water partition coefficient (Wildman–Crippen LogP) is 4.74. The Morgan fingerprint density at radius 1 is 0.750 bits per heavy atom. The lowest BCUT2D eigenvalue weighted by Crippen LogP contribution is -2.41. The van der Waals surface area contributed by atoms with E-state index in [0.717, 1.165) is 11.1 Å². The molecule has 28 heavy (non-hydrogen) atoms. The Labute approximate surface area is 164 Å². The number of hydrogen-bond donors (Lipinski definition) is 0. The van der Waals surface area contributed by atoms with Crippen LogP contribution in [0.25, 0.3) is 21.5 Å². The third-order valence-electron chi connectivity index (χ3n) is 5.42. The van der Waals surface area contributed by atoms with E-state index in [4.69, 9.17) is 9.47 Å². The molecular weight excluding hydrogens is 352 g/mol. The maximum atomic E-state index is 11.9. The first-order valence-corrected chi connectivity index (χ1v) is 9.90. The van der Waals surface area contributed by atoms with Crippen LogP contribution in [0.3, 0.4) is 0 Å². The zero-order chi connectivity index (χ0) is 19.7. The maximum Gasteiger partial charge on any atom is 0.305 e. The van der Waals surface area contributed by atoms with Crippen molar-refractivity contribution < 1.29 is 19.1 Å². The number of hydrogen-bond acceptors (Lipinski definition) is 4. The van der Waals surface area contributed by atoms with Crippen molar-refractivity contribution in [3.63, 3.8) is 0 Å². The van der Waals surface area contributed by atoms with Crippen molar-refractivity contribution in [2.45, 2.75) is 51.7 Å². The van der Waals surface area contributed by atoms with Gasteiger partial charge in [0.05, 0.1) is 0 Å². The fourth-order valence-corrected chi connectivity index (χ4v) is 3.90. The number of fused-ring (bicyclic) bond motifs is 3. The summed E-state index contributed by atoms with van der Waals surface area (Å²) in [4.78, 5) is 23.8. The van der Waals surface area contributed by atoms with E-state index >= 15 is 0 Å². The molecule has 0 amide bonds. The highest BCUT2D eigenvalue weighted by Crippen LogP contribution is 2.32. The lowest BCUT2D eigenvalue weighted by molar-refractivity contribution is -0.168. The summed E-state index contributed by atoms with van der Waals surface area (Å²) in [5, 5.41) is 4.74. The van der Waals surface area contributed by atoms with Gasteiger partial charge in [-0.2, -0.15) is 0 Å². The Balaban J connectivity index is 1.73. The van der Waals surface area contributed by atoms with E-state index in [1.54, 1.807) is 13.8 Å². The minimum absolute atomic E-state index is 0.266. The first kappa shape index (κ1) is 18.5. The van der Waals surface area contributed by atoms with Crippen LogP contribution < -0.4 is 0 Å². The third-order valence-corrected chi connectivity index (χ3v) is 5.42. The fraction of sp³-hybridized carbons (Fsp3) is 0.333. The molecule has 0 N–H and O–H groups in total. The smallest absolute Gasteiger partial charge is 0.305 e. The fourth-order valence-electron chi connectivity index (χ4n) is 3.90. The lowest BCUT2D eigenvalue weighted by atomic mass is 9.85. The summed E-state index contributed by atoms with van der Waals surface area (Å²) >= 11 is 0. The monoisotopic (exact) mass is 376 g/mol. The van der Waals surface area contributed by atoms with Gasteiger partial charge >= 0.3 is 11.9 Å². The Kier molecular flexibility index (Phi) is 5.03. The molecule has 3 aromatic carbocycles. The molecule has 0 saturated carbocycles. The molecule has 0 bridgehead atoms. The number of rotatable bonds is 4. The van der Waals surface area contributed by atoms with Crippen LogP contribution in [0.4, 0.5) is 0 Å². The lowest BCUT2D eigenvalue weighted by Gasteiger charge is -2.32. The number of esters is 2. The molecule has 2 unspecified atom stereocenters. The topological polar surface area (TPSA) is 52.6 Å². The largest absolute Gasteiger partial charge is 0.458 e. The molecule has 0 aromatic heterocycles. The summed E-state index contributed by atoms with van der Waals surface area (Å²) in [7, 11) is 0. The van der Waals surface area contributed by atoms with Crippen LogP contribution in [-0.2, 0) is 31.9 Å². The molecule has 144 valence electrons. The van der Waals surface area contributed by atoms with Gasteiger partial charge < -0.3 is 9.47 Å². The molecule has 0 spiro atoms. The second-order valence-corrected chi connectivity index (χ2v) is 7.34. The van der Waals surface area contributed by atoms with Gasteiger partial charge in [0.1, 0.15) is 12.2 Å². The number of benzene rings is 3. The van der Waals surface area contributed by atoms with Gasteiger partial charge in [-0.15, -0.1) is 0 Å². The molecule has 3 aromatic rings. The van der Waals surface area contributed by atoms with E-state index in [1.165, 1.54) is 21.5 Å². The molecule has 1 aliphatic rings. The van der Waals surface area contributed by atoms with Crippen LogP contribution >= 0.6 is 0 Å². The molecule has 4 heteroatoms. The molecule has 4 nitrogen and oxygen atoms in total. The highest BCUT2D eigenvalue weighted by atomic mass is 16.6. The van der Waals surface area contributed by atoms with E-state index in [2.05, 4.69) is 36.4 Å². The molecule has 0 radical (unpaired) electrons. The van der Waals surface area contributed by atoms with Gasteiger partial charge in [0.15, 0.2) is 0 Å². The van der Waals surface area contributed by atoms with Crippen molar-refractivity contribution in [2.75, 3.05) is 0 Å². The molecule has 2 atom stereocenters. The summed E-state index contributed by atoms with van der Waals surface area (Å²) in [6.45, 7) is 3.54. The highest BCUT2D eigenvalue weighted by molar-refractivity contribution is 5.98. The van der Waals surface area contributed by atoms with Gasteiger partial charge in [0, 0.05) is 25.7 Å². The van der Waals surface area contributed by atoms with Crippen LogP contribution in [-0.4, -0.2) is 24.1 Å². The number of carbonyl (C=O) groups is 2. The van der Waals surface area contributed by atoms with E-state index in [9.17, 15) is 9.59 Å². The summed E-state index contributed by atoms with van der Waals surface area (Å²) in [6, 6.07) is 17.1.